The van der Waals surface area contributed by atoms with Crippen LogP contribution in [-0.2, 0) is 14.4 Å². The van der Waals surface area contributed by atoms with Crippen LogP contribution in [0.2, 0.25) is 0 Å². The maximum absolute atomic E-state index is 12.1. The molecule has 0 unspecified atom stereocenters. The molecule has 8 heteroatoms. The first kappa shape index (κ1) is 23.4. The molecule has 1 amide bonds. The van der Waals surface area contributed by atoms with E-state index in [0.29, 0.717) is 32.4 Å². The number of nitrogens with zero attached hydrogens (tertiary/aromatic N) is 1. The molecule has 0 aliphatic carbocycles. The van der Waals surface area contributed by atoms with E-state index in [4.69, 9.17) is 11.5 Å². The number of carbonyl (C=O) groups is 3. The lowest BCUT2D eigenvalue weighted by atomic mass is 9.94. The van der Waals surface area contributed by atoms with Crippen molar-refractivity contribution in [3.05, 3.63) is 0 Å². The molecule has 0 saturated heterocycles. The molecule has 0 rings (SSSR count). The fourth-order valence-corrected chi connectivity index (χ4v) is 3.02. The van der Waals surface area contributed by atoms with Crippen molar-refractivity contribution in [2.24, 2.45) is 22.4 Å². The minimum absolute atomic E-state index is 0.0357. The Bertz CT molecular complexity index is 451. The number of unbranched alkanes of at least 4 members (excludes halogenated alkanes) is 2. The highest BCUT2D eigenvalue weighted by Crippen LogP contribution is 2.16. The Morgan fingerprint density at radius 2 is 1.84 bits per heavy atom. The first-order valence-corrected chi connectivity index (χ1v) is 9.83. The highest BCUT2D eigenvalue weighted by molar-refractivity contribution is 8.13. The minimum atomic E-state index is -0.324. The molecule has 144 valence electrons. The molecule has 0 aromatic carbocycles. The smallest absolute Gasteiger partial charge is 0.223 e. The first-order valence-electron chi connectivity index (χ1n) is 8.85. The molecule has 0 radical (unpaired) electrons. The van der Waals surface area contributed by atoms with Crippen LogP contribution in [0.3, 0.4) is 0 Å². The van der Waals surface area contributed by atoms with Crippen LogP contribution in [0.1, 0.15) is 58.8 Å². The number of guanidine groups is 1. The second-order valence-electron chi connectivity index (χ2n) is 5.93. The molecular formula is C17H32N4O3S. The summed E-state index contributed by atoms with van der Waals surface area (Å²) < 4.78 is 0. The van der Waals surface area contributed by atoms with E-state index >= 15 is 0 Å². The molecule has 0 spiro atoms. The van der Waals surface area contributed by atoms with Crippen molar-refractivity contribution in [1.82, 2.24) is 5.32 Å². The zero-order chi connectivity index (χ0) is 19.1. The summed E-state index contributed by atoms with van der Waals surface area (Å²) in [5.74, 6) is 0.537. The van der Waals surface area contributed by atoms with E-state index in [9.17, 15) is 14.4 Å². The van der Waals surface area contributed by atoms with Gasteiger partial charge in [-0.15, -0.1) is 0 Å². The lowest BCUT2D eigenvalue weighted by Crippen LogP contribution is -2.32. The maximum Gasteiger partial charge on any atom is 0.223 e. The standard InChI is InChI=1S/C17H32N4O3S/c1-3-20-16(24)14(8-7-10-21-17(18)19)12-15(23)9-5-4-6-11-25-13(2)22/h14H,3-12H2,1-2H3,(H,20,24)(H4,18,19,21)/t14-/m1/s1. The van der Waals surface area contributed by atoms with Gasteiger partial charge in [-0.05, 0) is 32.6 Å². The van der Waals surface area contributed by atoms with Crippen molar-refractivity contribution in [3.63, 3.8) is 0 Å². The largest absolute Gasteiger partial charge is 0.370 e. The summed E-state index contributed by atoms with van der Waals surface area (Å²) in [6.07, 6.45) is 4.63. The van der Waals surface area contributed by atoms with Gasteiger partial charge in [-0.3, -0.25) is 19.4 Å². The Labute approximate surface area is 154 Å². The fraction of sp³-hybridized carbons (Fsp3) is 0.765. The summed E-state index contributed by atoms with van der Waals surface area (Å²) in [5, 5.41) is 2.91. The van der Waals surface area contributed by atoms with Gasteiger partial charge in [-0.2, -0.15) is 0 Å². The third-order valence-corrected chi connectivity index (χ3v) is 4.51. The van der Waals surface area contributed by atoms with E-state index in [1.165, 1.54) is 11.8 Å². The fourth-order valence-electron chi connectivity index (χ4n) is 2.38. The van der Waals surface area contributed by atoms with Crippen molar-refractivity contribution in [2.45, 2.75) is 58.8 Å². The SMILES string of the molecule is CCNC(=O)[C@H](CCCN=C(N)N)CC(=O)CCCCCSC(C)=O. The van der Waals surface area contributed by atoms with Gasteiger partial charge in [-0.1, -0.05) is 18.2 Å². The van der Waals surface area contributed by atoms with E-state index in [2.05, 4.69) is 10.3 Å². The van der Waals surface area contributed by atoms with Crippen LogP contribution in [-0.4, -0.2) is 41.6 Å². The third kappa shape index (κ3) is 14.5. The molecule has 0 aromatic heterocycles. The summed E-state index contributed by atoms with van der Waals surface area (Å²) in [4.78, 5) is 39.0. The number of carbonyl (C=O) groups excluding carboxylic acids is 3. The van der Waals surface area contributed by atoms with Gasteiger partial charge in [0.2, 0.25) is 5.91 Å². The Morgan fingerprint density at radius 3 is 2.44 bits per heavy atom. The van der Waals surface area contributed by atoms with Crippen molar-refractivity contribution in [3.8, 4) is 0 Å². The second-order valence-corrected chi connectivity index (χ2v) is 7.21. The van der Waals surface area contributed by atoms with Crippen molar-refractivity contribution < 1.29 is 14.4 Å². The quantitative estimate of drug-likeness (QED) is 0.241. The molecule has 0 aliphatic rings. The summed E-state index contributed by atoms with van der Waals surface area (Å²) >= 11 is 1.32. The minimum Gasteiger partial charge on any atom is -0.370 e. The van der Waals surface area contributed by atoms with Gasteiger partial charge in [0.1, 0.15) is 5.78 Å². The van der Waals surface area contributed by atoms with E-state index < -0.39 is 0 Å². The van der Waals surface area contributed by atoms with Crippen molar-refractivity contribution >= 4 is 34.5 Å². The highest BCUT2D eigenvalue weighted by atomic mass is 32.2. The van der Waals surface area contributed by atoms with Gasteiger partial charge < -0.3 is 16.8 Å². The molecule has 0 bridgehead atoms. The van der Waals surface area contributed by atoms with Crippen LogP contribution in [0.25, 0.3) is 0 Å². The number of aliphatic imine (C=N–C) groups is 1. The zero-order valence-electron chi connectivity index (χ0n) is 15.4. The number of amides is 1. The Balaban J connectivity index is 4.15. The number of Topliss-reactive ketones (excluding diaryl/α,β-unsaturated/α-hetero) is 1. The van der Waals surface area contributed by atoms with Gasteiger partial charge >= 0.3 is 0 Å². The molecule has 7 nitrogen and oxygen atoms in total. The highest BCUT2D eigenvalue weighted by Gasteiger charge is 2.20. The van der Waals surface area contributed by atoms with Gasteiger partial charge in [-0.25, -0.2) is 0 Å². The lowest BCUT2D eigenvalue weighted by Gasteiger charge is -2.15. The first-order chi connectivity index (χ1) is 11.9. The lowest BCUT2D eigenvalue weighted by molar-refractivity contribution is -0.129. The maximum atomic E-state index is 12.1. The number of thioether (sulfide) groups is 1. The van der Waals surface area contributed by atoms with Gasteiger partial charge in [0.15, 0.2) is 11.1 Å². The average molecular weight is 373 g/mol. The summed E-state index contributed by atoms with van der Waals surface area (Å²) in [7, 11) is 0. The van der Waals surface area contributed by atoms with Crippen LogP contribution in [0, 0.1) is 5.92 Å². The molecule has 0 saturated carbocycles. The number of nitrogens with two attached hydrogens (primary N) is 2. The molecular weight excluding hydrogens is 340 g/mol. The number of hydrogen-bond acceptors (Lipinski definition) is 5. The monoisotopic (exact) mass is 372 g/mol. The van der Waals surface area contributed by atoms with Gasteiger partial charge in [0.05, 0.1) is 0 Å². The molecule has 0 aromatic rings. The van der Waals surface area contributed by atoms with E-state index in [1.807, 2.05) is 6.92 Å². The summed E-state index contributed by atoms with van der Waals surface area (Å²) in [6.45, 7) is 4.42. The van der Waals surface area contributed by atoms with E-state index in [0.717, 1.165) is 25.0 Å². The van der Waals surface area contributed by atoms with Gasteiger partial charge in [0, 0.05) is 44.5 Å². The topological polar surface area (TPSA) is 128 Å². The Kier molecular flexibility index (Phi) is 13.8. The normalized spacial score (nSPS) is 11.6. The number of nitrogens with one attached hydrogen (secondary N) is 1. The zero-order valence-corrected chi connectivity index (χ0v) is 16.2. The molecule has 25 heavy (non-hydrogen) atoms. The Hall–Kier alpha value is -1.57. The second kappa shape index (κ2) is 14.7. The van der Waals surface area contributed by atoms with Crippen LogP contribution >= 0.6 is 11.8 Å². The third-order valence-electron chi connectivity index (χ3n) is 3.61. The van der Waals surface area contributed by atoms with E-state index in [-0.39, 0.29) is 35.1 Å². The summed E-state index contributed by atoms with van der Waals surface area (Å²) in [5.41, 5.74) is 10.6. The summed E-state index contributed by atoms with van der Waals surface area (Å²) in [6, 6.07) is 0. The Morgan fingerprint density at radius 1 is 1.12 bits per heavy atom. The molecule has 0 fully saturated rings. The predicted molar refractivity (Wildman–Crippen MR) is 103 cm³/mol. The van der Waals surface area contributed by atoms with Crippen molar-refractivity contribution in [2.75, 3.05) is 18.8 Å². The molecule has 0 aliphatic heterocycles. The van der Waals surface area contributed by atoms with Crippen LogP contribution in [0.5, 0.6) is 0 Å². The van der Waals surface area contributed by atoms with Crippen LogP contribution in [0.15, 0.2) is 4.99 Å². The molecule has 1 atom stereocenters. The molecule has 5 N–H and O–H groups in total. The number of ketones is 1. The number of rotatable bonds is 14. The van der Waals surface area contributed by atoms with E-state index in [1.54, 1.807) is 6.92 Å². The molecule has 0 heterocycles. The van der Waals surface area contributed by atoms with Crippen molar-refractivity contribution in [1.29, 1.82) is 0 Å². The number of hydrogen-bond donors (Lipinski definition) is 3. The van der Waals surface area contributed by atoms with Crippen LogP contribution in [0.4, 0.5) is 0 Å². The average Bonchev–Trinajstić information content (AvgIpc) is 2.53. The predicted octanol–water partition coefficient (Wildman–Crippen LogP) is 1.59. The van der Waals surface area contributed by atoms with Gasteiger partial charge in [0.25, 0.3) is 0 Å². The van der Waals surface area contributed by atoms with Crippen LogP contribution < -0.4 is 16.8 Å².